The highest BCUT2D eigenvalue weighted by Crippen LogP contribution is 2.40. The van der Waals surface area contributed by atoms with Crippen LogP contribution in [0.5, 0.6) is 0 Å². The van der Waals surface area contributed by atoms with Crippen LogP contribution >= 0.6 is 0 Å². The van der Waals surface area contributed by atoms with Gasteiger partial charge in [0.05, 0.1) is 12.9 Å². The highest BCUT2D eigenvalue weighted by molar-refractivity contribution is 5.17. The standard InChI is InChI=1S/C21H25FN6/c22-19-4-2-1-3-17(19)13-26-10-7-16(8-11-26)21-25-24-20(28(21)18-5-6-18)14-27-12-9-23-15-27/h1-4,9,12,15-16,18H,5-8,10-11,13-14H2. The van der Waals surface area contributed by atoms with Gasteiger partial charge in [0, 0.05) is 36.5 Å². The number of rotatable bonds is 6. The summed E-state index contributed by atoms with van der Waals surface area (Å²) in [6, 6.07) is 7.64. The lowest BCUT2D eigenvalue weighted by atomic mass is 9.95. The Morgan fingerprint density at radius 3 is 2.54 bits per heavy atom. The molecule has 0 atom stereocenters. The first kappa shape index (κ1) is 17.6. The maximum atomic E-state index is 13.9. The largest absolute Gasteiger partial charge is 0.330 e. The van der Waals surface area contributed by atoms with Crippen molar-refractivity contribution in [2.24, 2.45) is 0 Å². The maximum Gasteiger partial charge on any atom is 0.153 e. The summed E-state index contributed by atoms with van der Waals surface area (Å²) in [5, 5.41) is 9.13. The van der Waals surface area contributed by atoms with Gasteiger partial charge >= 0.3 is 0 Å². The number of aromatic nitrogens is 5. The highest BCUT2D eigenvalue weighted by Gasteiger charge is 2.33. The molecular weight excluding hydrogens is 355 g/mol. The van der Waals surface area contributed by atoms with Gasteiger partial charge in [-0.15, -0.1) is 10.2 Å². The molecule has 7 heteroatoms. The second-order valence-corrected chi connectivity index (χ2v) is 7.95. The smallest absolute Gasteiger partial charge is 0.153 e. The summed E-state index contributed by atoms with van der Waals surface area (Å²) in [5.74, 6) is 2.50. The van der Waals surface area contributed by atoms with Crippen LogP contribution in [0.4, 0.5) is 4.39 Å². The Bertz CT molecular complexity index is 922. The van der Waals surface area contributed by atoms with Gasteiger partial charge in [0.15, 0.2) is 5.82 Å². The minimum atomic E-state index is -0.109. The van der Waals surface area contributed by atoms with E-state index in [1.807, 2.05) is 29.2 Å². The van der Waals surface area contributed by atoms with E-state index in [2.05, 4.69) is 24.6 Å². The zero-order valence-electron chi connectivity index (χ0n) is 15.9. The van der Waals surface area contributed by atoms with Crippen molar-refractivity contribution in [3.8, 4) is 0 Å². The van der Waals surface area contributed by atoms with Crippen LogP contribution in [0.25, 0.3) is 0 Å². The first-order chi connectivity index (χ1) is 13.8. The van der Waals surface area contributed by atoms with Gasteiger partial charge in [-0.25, -0.2) is 9.37 Å². The van der Waals surface area contributed by atoms with Crippen molar-refractivity contribution in [1.82, 2.24) is 29.2 Å². The fourth-order valence-corrected chi connectivity index (χ4v) is 4.21. The molecule has 2 aliphatic rings. The minimum Gasteiger partial charge on any atom is -0.330 e. The van der Waals surface area contributed by atoms with Gasteiger partial charge in [-0.1, -0.05) is 18.2 Å². The van der Waals surface area contributed by atoms with E-state index in [4.69, 9.17) is 0 Å². The number of hydrogen-bond donors (Lipinski definition) is 0. The van der Waals surface area contributed by atoms with Crippen molar-refractivity contribution in [2.75, 3.05) is 13.1 Å². The molecule has 0 amide bonds. The van der Waals surface area contributed by atoms with E-state index in [9.17, 15) is 4.39 Å². The van der Waals surface area contributed by atoms with Crippen molar-refractivity contribution >= 4 is 0 Å². The summed E-state index contributed by atoms with van der Waals surface area (Å²) < 4.78 is 18.4. The topological polar surface area (TPSA) is 51.8 Å². The molecule has 0 radical (unpaired) electrons. The quantitative estimate of drug-likeness (QED) is 0.658. The fourth-order valence-electron chi connectivity index (χ4n) is 4.21. The van der Waals surface area contributed by atoms with Gasteiger partial charge in [-0.2, -0.15) is 0 Å². The predicted octanol–water partition coefficient (Wildman–Crippen LogP) is 3.38. The molecule has 2 fully saturated rings. The average Bonchev–Trinajstić information content (AvgIpc) is 3.26. The second kappa shape index (κ2) is 7.47. The molecule has 1 saturated carbocycles. The molecule has 0 unspecified atom stereocenters. The van der Waals surface area contributed by atoms with E-state index in [0.717, 1.165) is 49.7 Å². The first-order valence-corrected chi connectivity index (χ1v) is 10.1. The van der Waals surface area contributed by atoms with Crippen molar-refractivity contribution in [1.29, 1.82) is 0 Å². The highest BCUT2D eigenvalue weighted by atomic mass is 19.1. The molecule has 0 bridgehead atoms. The zero-order valence-corrected chi connectivity index (χ0v) is 15.9. The maximum absolute atomic E-state index is 13.9. The fraction of sp³-hybridized carbons (Fsp3) is 0.476. The van der Waals surface area contributed by atoms with Gasteiger partial charge in [0.25, 0.3) is 0 Å². The van der Waals surface area contributed by atoms with E-state index in [1.54, 1.807) is 18.3 Å². The molecule has 1 aliphatic heterocycles. The van der Waals surface area contributed by atoms with Gasteiger partial charge in [-0.3, -0.25) is 4.90 Å². The Kier molecular flexibility index (Phi) is 4.68. The lowest BCUT2D eigenvalue weighted by Gasteiger charge is -2.31. The molecule has 3 heterocycles. The normalized spacial score (nSPS) is 18.6. The molecule has 0 spiro atoms. The average molecular weight is 380 g/mol. The molecule has 1 aromatic carbocycles. The van der Waals surface area contributed by atoms with Crippen LogP contribution in [0.3, 0.4) is 0 Å². The van der Waals surface area contributed by atoms with Crippen LogP contribution in [-0.2, 0) is 13.1 Å². The van der Waals surface area contributed by atoms with Gasteiger partial charge in [0.2, 0.25) is 0 Å². The number of benzene rings is 1. The Morgan fingerprint density at radius 1 is 1.00 bits per heavy atom. The molecule has 5 rings (SSSR count). The summed E-state index contributed by atoms with van der Waals surface area (Å²) in [4.78, 5) is 6.47. The number of likely N-dealkylation sites (tertiary alicyclic amines) is 1. The zero-order chi connectivity index (χ0) is 18.9. The molecule has 28 heavy (non-hydrogen) atoms. The van der Waals surface area contributed by atoms with Crippen LogP contribution in [0, 0.1) is 5.82 Å². The van der Waals surface area contributed by atoms with Crippen LogP contribution < -0.4 is 0 Å². The molecular formula is C21H25FN6. The van der Waals surface area contributed by atoms with Gasteiger partial charge in [0.1, 0.15) is 11.6 Å². The SMILES string of the molecule is Fc1ccccc1CN1CCC(c2nnc(Cn3ccnc3)n2C2CC2)CC1. The lowest BCUT2D eigenvalue weighted by Crippen LogP contribution is -2.33. The Morgan fingerprint density at radius 2 is 1.82 bits per heavy atom. The minimum absolute atomic E-state index is 0.109. The van der Waals surface area contributed by atoms with Crippen LogP contribution in [0.15, 0.2) is 43.0 Å². The Hall–Kier alpha value is -2.54. The molecule has 6 nitrogen and oxygen atoms in total. The Labute approximate surface area is 164 Å². The van der Waals surface area contributed by atoms with Crippen LogP contribution in [0.2, 0.25) is 0 Å². The number of piperidine rings is 1. The molecule has 1 saturated heterocycles. The molecule has 3 aromatic rings. The number of imidazole rings is 1. The third-order valence-electron chi connectivity index (χ3n) is 5.89. The van der Waals surface area contributed by atoms with E-state index in [0.29, 0.717) is 18.5 Å². The van der Waals surface area contributed by atoms with Crippen molar-refractivity contribution in [3.05, 3.63) is 66.0 Å². The number of nitrogens with zero attached hydrogens (tertiary/aromatic N) is 6. The van der Waals surface area contributed by atoms with E-state index < -0.39 is 0 Å². The van der Waals surface area contributed by atoms with Crippen molar-refractivity contribution in [2.45, 2.75) is 50.7 Å². The van der Waals surface area contributed by atoms with Crippen molar-refractivity contribution in [3.63, 3.8) is 0 Å². The molecule has 1 aliphatic carbocycles. The second-order valence-electron chi connectivity index (χ2n) is 7.95. The third kappa shape index (κ3) is 3.58. The third-order valence-corrected chi connectivity index (χ3v) is 5.89. The monoisotopic (exact) mass is 380 g/mol. The summed E-state index contributed by atoms with van der Waals surface area (Å²) in [6.07, 6.45) is 10.1. The summed E-state index contributed by atoms with van der Waals surface area (Å²) >= 11 is 0. The molecule has 146 valence electrons. The number of halogens is 1. The van der Waals surface area contributed by atoms with Gasteiger partial charge < -0.3 is 9.13 Å². The van der Waals surface area contributed by atoms with Crippen molar-refractivity contribution < 1.29 is 4.39 Å². The first-order valence-electron chi connectivity index (χ1n) is 10.1. The summed E-state index contributed by atoms with van der Waals surface area (Å²) in [7, 11) is 0. The lowest BCUT2D eigenvalue weighted by molar-refractivity contribution is 0.197. The molecule has 2 aromatic heterocycles. The van der Waals surface area contributed by atoms with Gasteiger partial charge in [-0.05, 0) is 44.8 Å². The van der Waals surface area contributed by atoms with E-state index in [1.165, 1.54) is 12.8 Å². The molecule has 0 N–H and O–H groups in total. The number of hydrogen-bond acceptors (Lipinski definition) is 4. The van der Waals surface area contributed by atoms with Crippen LogP contribution in [-0.4, -0.2) is 42.3 Å². The predicted molar refractivity (Wildman–Crippen MR) is 103 cm³/mol. The Balaban J connectivity index is 1.27. The summed E-state index contributed by atoms with van der Waals surface area (Å²) in [5.41, 5.74) is 0.782. The van der Waals surface area contributed by atoms with E-state index in [-0.39, 0.29) is 5.82 Å². The van der Waals surface area contributed by atoms with E-state index >= 15 is 0 Å². The van der Waals surface area contributed by atoms with Crippen LogP contribution in [0.1, 0.15) is 54.9 Å². The summed E-state index contributed by atoms with van der Waals surface area (Å²) in [6.45, 7) is 3.33.